The number of methoxy groups -OCH3 is 1. The molecule has 106 valence electrons. The number of hydrogen-bond acceptors (Lipinski definition) is 4. The van der Waals surface area contributed by atoms with Crippen LogP contribution in [0.5, 0.6) is 0 Å². The SMILES string of the molecule is COC(=O)c1ccc(C(C)NCc2ccccc2Cl)o1. The summed E-state index contributed by atoms with van der Waals surface area (Å²) in [6.07, 6.45) is 0. The smallest absolute Gasteiger partial charge is 0.373 e. The summed E-state index contributed by atoms with van der Waals surface area (Å²) in [4.78, 5) is 11.3. The minimum absolute atomic E-state index is 0.0373. The van der Waals surface area contributed by atoms with Crippen LogP contribution in [0, 0.1) is 0 Å². The van der Waals surface area contributed by atoms with Gasteiger partial charge in [0.25, 0.3) is 0 Å². The van der Waals surface area contributed by atoms with Crippen LogP contribution < -0.4 is 5.32 Å². The maximum atomic E-state index is 11.3. The summed E-state index contributed by atoms with van der Waals surface area (Å²) in [5.41, 5.74) is 1.01. The van der Waals surface area contributed by atoms with Crippen molar-refractivity contribution in [1.82, 2.24) is 5.32 Å². The van der Waals surface area contributed by atoms with Crippen molar-refractivity contribution in [2.24, 2.45) is 0 Å². The van der Waals surface area contributed by atoms with Gasteiger partial charge in [-0.05, 0) is 30.7 Å². The van der Waals surface area contributed by atoms with E-state index in [1.165, 1.54) is 7.11 Å². The Morgan fingerprint density at radius 2 is 2.10 bits per heavy atom. The summed E-state index contributed by atoms with van der Waals surface area (Å²) < 4.78 is 10.1. The highest BCUT2D eigenvalue weighted by atomic mass is 35.5. The minimum Gasteiger partial charge on any atom is -0.463 e. The lowest BCUT2D eigenvalue weighted by Gasteiger charge is -2.12. The molecule has 1 aromatic carbocycles. The second kappa shape index (κ2) is 6.59. The first kappa shape index (κ1) is 14.6. The first-order valence-electron chi connectivity index (χ1n) is 6.26. The molecule has 4 nitrogen and oxygen atoms in total. The summed E-state index contributed by atoms with van der Waals surface area (Å²) >= 11 is 6.09. The van der Waals surface area contributed by atoms with Gasteiger partial charge in [0, 0.05) is 11.6 Å². The van der Waals surface area contributed by atoms with E-state index in [9.17, 15) is 4.79 Å². The third-order valence-corrected chi connectivity index (χ3v) is 3.37. The van der Waals surface area contributed by atoms with E-state index >= 15 is 0 Å². The fraction of sp³-hybridized carbons (Fsp3) is 0.267. The number of rotatable bonds is 5. The van der Waals surface area contributed by atoms with Gasteiger partial charge in [-0.1, -0.05) is 29.8 Å². The Labute approximate surface area is 122 Å². The van der Waals surface area contributed by atoms with E-state index in [0.717, 1.165) is 10.6 Å². The third kappa shape index (κ3) is 3.40. The molecule has 0 fully saturated rings. The van der Waals surface area contributed by atoms with E-state index in [4.69, 9.17) is 16.0 Å². The summed E-state index contributed by atoms with van der Waals surface area (Å²) in [5, 5.41) is 4.02. The molecule has 0 aliphatic carbocycles. The molecule has 1 N–H and O–H groups in total. The Kier molecular flexibility index (Phi) is 4.82. The van der Waals surface area contributed by atoms with Crippen LogP contribution in [-0.2, 0) is 11.3 Å². The zero-order chi connectivity index (χ0) is 14.5. The molecule has 0 saturated carbocycles. The zero-order valence-corrected chi connectivity index (χ0v) is 12.1. The van der Waals surface area contributed by atoms with E-state index < -0.39 is 5.97 Å². The summed E-state index contributed by atoms with van der Waals surface area (Å²) in [7, 11) is 1.32. The van der Waals surface area contributed by atoms with E-state index in [-0.39, 0.29) is 11.8 Å². The molecule has 1 aromatic heterocycles. The maximum absolute atomic E-state index is 11.3. The molecule has 1 unspecified atom stereocenters. The monoisotopic (exact) mass is 293 g/mol. The van der Waals surface area contributed by atoms with Gasteiger partial charge in [0.05, 0.1) is 13.2 Å². The molecule has 0 aliphatic rings. The van der Waals surface area contributed by atoms with Crippen LogP contribution in [0.15, 0.2) is 40.8 Å². The molecule has 20 heavy (non-hydrogen) atoms. The lowest BCUT2D eigenvalue weighted by molar-refractivity contribution is 0.0562. The predicted molar refractivity (Wildman–Crippen MR) is 76.8 cm³/mol. The highest BCUT2D eigenvalue weighted by Gasteiger charge is 2.15. The second-order valence-corrected chi connectivity index (χ2v) is 4.79. The van der Waals surface area contributed by atoms with Crippen LogP contribution >= 0.6 is 11.6 Å². The van der Waals surface area contributed by atoms with Crippen molar-refractivity contribution < 1.29 is 13.9 Å². The normalized spacial score (nSPS) is 12.2. The molecule has 0 amide bonds. The lowest BCUT2D eigenvalue weighted by atomic mass is 10.2. The van der Waals surface area contributed by atoms with Crippen molar-refractivity contribution in [3.05, 3.63) is 58.5 Å². The van der Waals surface area contributed by atoms with Crippen molar-refractivity contribution in [2.75, 3.05) is 7.11 Å². The Bertz CT molecular complexity index is 594. The van der Waals surface area contributed by atoms with Gasteiger partial charge in [0.1, 0.15) is 5.76 Å². The lowest BCUT2D eigenvalue weighted by Crippen LogP contribution is -2.17. The van der Waals surface area contributed by atoms with Crippen LogP contribution in [0.1, 0.15) is 34.8 Å². The molecule has 0 spiro atoms. The average Bonchev–Trinajstić information content (AvgIpc) is 2.95. The molecule has 0 radical (unpaired) electrons. The largest absolute Gasteiger partial charge is 0.463 e. The first-order valence-corrected chi connectivity index (χ1v) is 6.64. The number of carbonyl (C=O) groups excluding carboxylic acids is 1. The molecular formula is C15H16ClNO3. The van der Waals surface area contributed by atoms with Crippen molar-refractivity contribution in [3.8, 4) is 0 Å². The molecule has 0 saturated heterocycles. The average molecular weight is 294 g/mol. The van der Waals surface area contributed by atoms with Crippen LogP contribution in [0.3, 0.4) is 0 Å². The van der Waals surface area contributed by atoms with Gasteiger partial charge in [-0.25, -0.2) is 4.79 Å². The van der Waals surface area contributed by atoms with E-state index in [2.05, 4.69) is 10.1 Å². The molecule has 2 rings (SSSR count). The Balaban J connectivity index is 1.98. The third-order valence-electron chi connectivity index (χ3n) is 3.00. The Morgan fingerprint density at radius 1 is 1.35 bits per heavy atom. The number of benzene rings is 1. The Morgan fingerprint density at radius 3 is 2.80 bits per heavy atom. The highest BCUT2D eigenvalue weighted by Crippen LogP contribution is 2.19. The first-order chi connectivity index (χ1) is 9.61. The standard InChI is InChI=1S/C15H16ClNO3/c1-10(13-7-8-14(20-13)15(18)19-2)17-9-11-5-3-4-6-12(11)16/h3-8,10,17H,9H2,1-2H3. The van der Waals surface area contributed by atoms with E-state index in [1.54, 1.807) is 12.1 Å². The summed E-state index contributed by atoms with van der Waals surface area (Å²) in [6.45, 7) is 2.58. The van der Waals surface area contributed by atoms with Crippen molar-refractivity contribution in [1.29, 1.82) is 0 Å². The Hall–Kier alpha value is -1.78. The number of furan rings is 1. The van der Waals surface area contributed by atoms with Gasteiger partial charge >= 0.3 is 5.97 Å². The van der Waals surface area contributed by atoms with Gasteiger partial charge in [0.15, 0.2) is 0 Å². The highest BCUT2D eigenvalue weighted by molar-refractivity contribution is 6.31. The molecule has 5 heteroatoms. The van der Waals surface area contributed by atoms with Gasteiger partial charge < -0.3 is 14.5 Å². The molecule has 1 atom stereocenters. The fourth-order valence-electron chi connectivity index (χ4n) is 1.80. The number of halogens is 1. The zero-order valence-electron chi connectivity index (χ0n) is 11.4. The van der Waals surface area contributed by atoms with E-state index in [0.29, 0.717) is 12.3 Å². The fourth-order valence-corrected chi connectivity index (χ4v) is 2.00. The van der Waals surface area contributed by atoms with Crippen LogP contribution in [0.2, 0.25) is 5.02 Å². The quantitative estimate of drug-likeness (QED) is 0.856. The summed E-state index contributed by atoms with van der Waals surface area (Å²) in [6, 6.07) is 11.0. The molecular weight excluding hydrogens is 278 g/mol. The van der Waals surface area contributed by atoms with Crippen LogP contribution in [0.25, 0.3) is 0 Å². The number of nitrogens with one attached hydrogen (secondary N) is 1. The van der Waals surface area contributed by atoms with Gasteiger partial charge in [-0.15, -0.1) is 0 Å². The predicted octanol–water partition coefficient (Wildman–Crippen LogP) is 3.57. The number of esters is 1. The topological polar surface area (TPSA) is 51.5 Å². The number of ether oxygens (including phenoxy) is 1. The molecule has 2 aromatic rings. The van der Waals surface area contributed by atoms with E-state index in [1.807, 2.05) is 31.2 Å². The van der Waals surface area contributed by atoms with Crippen LogP contribution in [0.4, 0.5) is 0 Å². The van der Waals surface area contributed by atoms with Crippen molar-refractivity contribution in [3.63, 3.8) is 0 Å². The number of hydrogen-bond donors (Lipinski definition) is 1. The maximum Gasteiger partial charge on any atom is 0.373 e. The van der Waals surface area contributed by atoms with Crippen molar-refractivity contribution in [2.45, 2.75) is 19.5 Å². The molecule has 1 heterocycles. The van der Waals surface area contributed by atoms with Gasteiger partial charge in [-0.2, -0.15) is 0 Å². The second-order valence-electron chi connectivity index (χ2n) is 4.39. The van der Waals surface area contributed by atoms with Crippen molar-refractivity contribution >= 4 is 17.6 Å². The van der Waals surface area contributed by atoms with Gasteiger partial charge in [-0.3, -0.25) is 0 Å². The molecule has 0 bridgehead atoms. The van der Waals surface area contributed by atoms with Gasteiger partial charge in [0.2, 0.25) is 5.76 Å². The molecule has 0 aliphatic heterocycles. The summed E-state index contributed by atoms with van der Waals surface area (Å²) in [5.74, 6) is 0.404. The number of carbonyl (C=O) groups is 1. The minimum atomic E-state index is -0.477. The van der Waals surface area contributed by atoms with Crippen LogP contribution in [-0.4, -0.2) is 13.1 Å².